The van der Waals surface area contributed by atoms with E-state index in [1.54, 1.807) is 27.2 Å². The van der Waals surface area contributed by atoms with E-state index in [9.17, 15) is 9.59 Å². The van der Waals surface area contributed by atoms with Gasteiger partial charge in [-0.15, -0.1) is 0 Å². The van der Waals surface area contributed by atoms with Crippen molar-refractivity contribution in [3.05, 3.63) is 52.0 Å². The second kappa shape index (κ2) is 12.0. The number of ether oxygens (including phenoxy) is 2. The van der Waals surface area contributed by atoms with Crippen LogP contribution in [0.3, 0.4) is 0 Å². The van der Waals surface area contributed by atoms with Gasteiger partial charge in [-0.3, -0.25) is 9.78 Å². The van der Waals surface area contributed by atoms with Gasteiger partial charge in [0.25, 0.3) is 0 Å². The first-order chi connectivity index (χ1) is 16.3. The average Bonchev–Trinajstić information content (AvgIpc) is 3.22. The molecule has 0 fully saturated rings. The lowest BCUT2D eigenvalue weighted by molar-refractivity contribution is -0.143. The van der Waals surface area contributed by atoms with Crippen LogP contribution in [0.1, 0.15) is 50.1 Å². The maximum absolute atomic E-state index is 12.2. The number of unbranched alkanes of at least 4 members (excludes halogenated alkanes) is 1. The zero-order valence-corrected chi connectivity index (χ0v) is 21.7. The van der Waals surface area contributed by atoms with Crippen molar-refractivity contribution in [2.75, 3.05) is 20.7 Å². The molecule has 3 heterocycles. The van der Waals surface area contributed by atoms with E-state index in [1.165, 1.54) is 4.90 Å². The number of halogens is 1. The molecule has 0 bridgehead atoms. The largest absolute Gasteiger partial charge is 0.466 e. The molecular weight excluding hydrogens is 500 g/mol. The lowest BCUT2D eigenvalue weighted by Crippen LogP contribution is -2.23. The standard InChI is InChI=1S/C25H31BrN4O4/c1-5-19-11-12-22-24(17-13-18(26)15-27-14-17)20(9-7-8-10-23(31)33-6-2)21(28-30(19)22)16-34-25(32)29(3)4/h11-15H,5-10,16H2,1-4H3. The molecule has 0 aliphatic rings. The summed E-state index contributed by atoms with van der Waals surface area (Å²) in [5, 5.41) is 4.89. The van der Waals surface area contributed by atoms with E-state index in [1.807, 2.05) is 16.8 Å². The Morgan fingerprint density at radius 2 is 1.91 bits per heavy atom. The van der Waals surface area contributed by atoms with Crippen molar-refractivity contribution >= 4 is 33.5 Å². The highest BCUT2D eigenvalue weighted by Gasteiger charge is 2.20. The van der Waals surface area contributed by atoms with Gasteiger partial charge in [0.15, 0.2) is 0 Å². The molecule has 9 heteroatoms. The Balaban J connectivity index is 2.07. The molecule has 34 heavy (non-hydrogen) atoms. The fraction of sp³-hybridized carbons (Fsp3) is 0.440. The van der Waals surface area contributed by atoms with E-state index in [2.05, 4.69) is 40.0 Å². The van der Waals surface area contributed by atoms with Crippen LogP contribution < -0.4 is 0 Å². The number of rotatable bonds is 10. The molecular formula is C25H31BrN4O4. The normalized spacial score (nSPS) is 11.0. The Kier molecular flexibility index (Phi) is 9.04. The van der Waals surface area contributed by atoms with Crippen molar-refractivity contribution < 1.29 is 19.1 Å². The first-order valence-corrected chi connectivity index (χ1v) is 12.3. The summed E-state index contributed by atoms with van der Waals surface area (Å²) in [4.78, 5) is 29.7. The number of hydrogen-bond donors (Lipinski definition) is 0. The molecule has 0 aliphatic heterocycles. The van der Waals surface area contributed by atoms with Crippen LogP contribution in [-0.4, -0.2) is 52.3 Å². The quantitative estimate of drug-likeness (QED) is 0.264. The summed E-state index contributed by atoms with van der Waals surface area (Å²) in [5.41, 5.74) is 5.68. The zero-order chi connectivity index (χ0) is 24.7. The van der Waals surface area contributed by atoms with E-state index in [4.69, 9.17) is 14.6 Å². The van der Waals surface area contributed by atoms with Crippen LogP contribution in [0.25, 0.3) is 16.6 Å². The van der Waals surface area contributed by atoms with Crippen LogP contribution in [0, 0.1) is 0 Å². The minimum absolute atomic E-state index is 0.0515. The van der Waals surface area contributed by atoms with Gasteiger partial charge in [0, 0.05) is 54.2 Å². The maximum atomic E-state index is 12.2. The molecule has 0 N–H and O–H groups in total. The van der Waals surface area contributed by atoms with Gasteiger partial charge in [-0.05, 0) is 72.3 Å². The van der Waals surface area contributed by atoms with E-state index in [0.717, 1.165) is 45.2 Å². The fourth-order valence-corrected chi connectivity index (χ4v) is 4.21. The van der Waals surface area contributed by atoms with Gasteiger partial charge in [-0.1, -0.05) is 6.92 Å². The topological polar surface area (TPSA) is 86.0 Å². The van der Waals surface area contributed by atoms with Crippen molar-refractivity contribution in [3.63, 3.8) is 0 Å². The van der Waals surface area contributed by atoms with Gasteiger partial charge in [0.05, 0.1) is 12.1 Å². The number of amides is 1. The van der Waals surface area contributed by atoms with Crippen molar-refractivity contribution in [2.45, 2.75) is 52.6 Å². The maximum Gasteiger partial charge on any atom is 0.409 e. The van der Waals surface area contributed by atoms with Crippen molar-refractivity contribution in [3.8, 4) is 11.1 Å². The van der Waals surface area contributed by atoms with Gasteiger partial charge in [0.1, 0.15) is 12.3 Å². The molecule has 8 nitrogen and oxygen atoms in total. The number of hydrogen-bond acceptors (Lipinski definition) is 6. The molecule has 182 valence electrons. The smallest absolute Gasteiger partial charge is 0.409 e. The number of pyridine rings is 1. The second-order valence-corrected chi connectivity index (χ2v) is 9.04. The van der Waals surface area contributed by atoms with Gasteiger partial charge in [-0.2, -0.15) is 5.10 Å². The summed E-state index contributed by atoms with van der Waals surface area (Å²) in [6, 6.07) is 6.16. The molecule has 1 amide bonds. The predicted octanol–water partition coefficient (Wildman–Crippen LogP) is 5.20. The van der Waals surface area contributed by atoms with Crippen LogP contribution >= 0.6 is 15.9 Å². The number of nitrogens with zero attached hydrogens (tertiary/aromatic N) is 4. The summed E-state index contributed by atoms with van der Waals surface area (Å²) in [6.07, 6.45) is 6.46. The van der Waals surface area contributed by atoms with Gasteiger partial charge >= 0.3 is 12.1 Å². The van der Waals surface area contributed by atoms with E-state index >= 15 is 0 Å². The molecule has 0 atom stereocenters. The predicted molar refractivity (Wildman–Crippen MR) is 134 cm³/mol. The summed E-state index contributed by atoms with van der Waals surface area (Å²) in [5.74, 6) is -0.188. The summed E-state index contributed by atoms with van der Waals surface area (Å²) in [7, 11) is 3.30. The zero-order valence-electron chi connectivity index (χ0n) is 20.1. The van der Waals surface area contributed by atoms with Crippen LogP contribution in [0.2, 0.25) is 0 Å². The minimum atomic E-state index is -0.427. The molecule has 0 saturated carbocycles. The first kappa shape index (κ1) is 25.7. The molecule has 0 radical (unpaired) electrons. The van der Waals surface area contributed by atoms with Crippen molar-refractivity contribution in [1.29, 1.82) is 0 Å². The third kappa shape index (κ3) is 6.14. The van der Waals surface area contributed by atoms with Crippen LogP contribution in [0.5, 0.6) is 0 Å². The number of aryl methyl sites for hydroxylation is 1. The monoisotopic (exact) mass is 530 g/mol. The van der Waals surface area contributed by atoms with Crippen LogP contribution in [0.15, 0.2) is 35.1 Å². The lowest BCUT2D eigenvalue weighted by Gasteiger charge is -2.18. The first-order valence-electron chi connectivity index (χ1n) is 11.5. The molecule has 0 unspecified atom stereocenters. The number of carbonyl (C=O) groups excluding carboxylic acids is 2. The third-order valence-electron chi connectivity index (χ3n) is 5.48. The summed E-state index contributed by atoms with van der Waals surface area (Å²) < 4.78 is 13.4. The number of aromatic nitrogens is 3. The molecule has 3 rings (SSSR count). The highest BCUT2D eigenvalue weighted by Crippen LogP contribution is 2.34. The van der Waals surface area contributed by atoms with Crippen molar-refractivity contribution in [2.24, 2.45) is 0 Å². The average molecular weight is 531 g/mol. The highest BCUT2D eigenvalue weighted by molar-refractivity contribution is 9.10. The lowest BCUT2D eigenvalue weighted by atomic mass is 9.95. The molecule has 0 aliphatic carbocycles. The van der Waals surface area contributed by atoms with E-state index in [-0.39, 0.29) is 12.6 Å². The molecule has 3 aromatic heterocycles. The fourth-order valence-electron chi connectivity index (χ4n) is 3.85. The molecule has 3 aromatic rings. The SMILES string of the molecule is CCOC(=O)CCCCc1c(COC(=O)N(C)C)nn2c(CC)ccc2c1-c1cncc(Br)c1. The summed E-state index contributed by atoms with van der Waals surface area (Å²) >= 11 is 3.53. The summed E-state index contributed by atoms with van der Waals surface area (Å²) in [6.45, 7) is 4.32. The van der Waals surface area contributed by atoms with Gasteiger partial charge in [0.2, 0.25) is 0 Å². The minimum Gasteiger partial charge on any atom is -0.466 e. The number of fused-ring (bicyclic) bond motifs is 1. The van der Waals surface area contributed by atoms with Gasteiger partial charge < -0.3 is 14.4 Å². The molecule has 0 spiro atoms. The number of esters is 1. The van der Waals surface area contributed by atoms with Crippen LogP contribution in [-0.2, 0) is 33.7 Å². The van der Waals surface area contributed by atoms with Crippen LogP contribution in [0.4, 0.5) is 4.79 Å². The Morgan fingerprint density at radius 3 is 2.59 bits per heavy atom. The third-order valence-corrected chi connectivity index (χ3v) is 5.91. The van der Waals surface area contributed by atoms with Crippen molar-refractivity contribution in [1.82, 2.24) is 19.5 Å². The van der Waals surface area contributed by atoms with Gasteiger partial charge in [-0.25, -0.2) is 9.31 Å². The number of carbonyl (C=O) groups is 2. The van der Waals surface area contributed by atoms with E-state index in [0.29, 0.717) is 31.6 Å². The second-order valence-electron chi connectivity index (χ2n) is 8.13. The Bertz CT molecular complexity index is 1160. The highest BCUT2D eigenvalue weighted by atomic mass is 79.9. The Labute approximate surface area is 208 Å². The molecule has 0 saturated heterocycles. The Morgan fingerprint density at radius 1 is 1.12 bits per heavy atom. The Hall–Kier alpha value is -2.94. The molecule has 0 aromatic carbocycles. The van der Waals surface area contributed by atoms with E-state index < -0.39 is 6.09 Å².